The van der Waals surface area contributed by atoms with E-state index in [1.807, 2.05) is 24.3 Å². The van der Waals surface area contributed by atoms with Crippen molar-refractivity contribution in [1.29, 1.82) is 0 Å². The molecular formula is C20H18FN3O. The van der Waals surface area contributed by atoms with E-state index in [0.29, 0.717) is 5.69 Å². The summed E-state index contributed by atoms with van der Waals surface area (Å²) >= 11 is 0. The molecule has 1 saturated carbocycles. The second kappa shape index (κ2) is 6.24. The van der Waals surface area contributed by atoms with E-state index in [1.165, 1.54) is 12.1 Å². The summed E-state index contributed by atoms with van der Waals surface area (Å²) in [6.07, 6.45) is 6.66. The molecule has 0 bridgehead atoms. The molecule has 3 aromatic rings. The third-order valence-corrected chi connectivity index (χ3v) is 5.00. The zero-order chi connectivity index (χ0) is 17.3. The number of fused-ring (bicyclic) bond motifs is 1. The largest absolute Gasteiger partial charge is 0.325 e. The Bertz CT molecular complexity index is 935. The summed E-state index contributed by atoms with van der Waals surface area (Å²) in [5.74, 6) is -0.392. The summed E-state index contributed by atoms with van der Waals surface area (Å²) < 4.78 is 13.7. The van der Waals surface area contributed by atoms with Gasteiger partial charge in [-0.2, -0.15) is 0 Å². The molecule has 4 nitrogen and oxygen atoms in total. The van der Waals surface area contributed by atoms with E-state index in [0.717, 1.165) is 42.3 Å². The van der Waals surface area contributed by atoms with Gasteiger partial charge in [0.2, 0.25) is 5.91 Å². The Kier molecular flexibility index (Phi) is 3.92. The van der Waals surface area contributed by atoms with Crippen molar-refractivity contribution >= 4 is 22.6 Å². The number of hydrogen-bond donors (Lipinski definition) is 1. The highest BCUT2D eigenvalue weighted by atomic mass is 19.1. The Morgan fingerprint density at radius 1 is 1.00 bits per heavy atom. The fourth-order valence-electron chi connectivity index (χ4n) is 3.70. The van der Waals surface area contributed by atoms with Crippen molar-refractivity contribution in [3.63, 3.8) is 0 Å². The molecule has 2 aromatic carbocycles. The molecule has 1 aromatic heterocycles. The lowest BCUT2D eigenvalue weighted by atomic mass is 9.78. The predicted octanol–water partition coefficient (Wildman–Crippen LogP) is 4.22. The highest BCUT2D eigenvalue weighted by molar-refractivity contribution is 6.00. The number of carbonyl (C=O) groups is 1. The molecule has 0 radical (unpaired) electrons. The average molecular weight is 335 g/mol. The first kappa shape index (κ1) is 15.7. The first-order chi connectivity index (χ1) is 12.2. The van der Waals surface area contributed by atoms with E-state index in [2.05, 4.69) is 15.3 Å². The monoisotopic (exact) mass is 335 g/mol. The lowest BCUT2D eigenvalue weighted by Crippen LogP contribution is -2.38. The van der Waals surface area contributed by atoms with Gasteiger partial charge in [0.15, 0.2) is 0 Å². The molecule has 5 heteroatoms. The zero-order valence-corrected chi connectivity index (χ0v) is 13.7. The first-order valence-electron chi connectivity index (χ1n) is 8.46. The van der Waals surface area contributed by atoms with Crippen molar-refractivity contribution < 1.29 is 9.18 Å². The van der Waals surface area contributed by atoms with Crippen LogP contribution in [0.25, 0.3) is 11.0 Å². The van der Waals surface area contributed by atoms with Crippen molar-refractivity contribution in [3.05, 3.63) is 66.2 Å². The number of benzene rings is 2. The summed E-state index contributed by atoms with van der Waals surface area (Å²) in [5, 5.41) is 3.01. The van der Waals surface area contributed by atoms with Gasteiger partial charge in [0.1, 0.15) is 5.82 Å². The molecule has 25 heavy (non-hydrogen) atoms. The molecule has 1 fully saturated rings. The molecule has 1 amide bonds. The van der Waals surface area contributed by atoms with E-state index in [4.69, 9.17) is 0 Å². The fourth-order valence-corrected chi connectivity index (χ4v) is 3.70. The Morgan fingerprint density at radius 2 is 1.76 bits per heavy atom. The molecule has 0 unspecified atom stereocenters. The van der Waals surface area contributed by atoms with Crippen LogP contribution in [0.4, 0.5) is 10.1 Å². The highest BCUT2D eigenvalue weighted by Gasteiger charge is 2.42. The predicted molar refractivity (Wildman–Crippen MR) is 94.7 cm³/mol. The Labute approximate surface area is 145 Å². The molecule has 0 spiro atoms. The number of amides is 1. The maximum absolute atomic E-state index is 13.7. The fraction of sp³-hybridized carbons (Fsp3) is 0.250. The van der Waals surface area contributed by atoms with Gasteiger partial charge >= 0.3 is 0 Å². The van der Waals surface area contributed by atoms with Gasteiger partial charge in [-0.3, -0.25) is 14.8 Å². The number of halogens is 1. The number of nitrogens with zero attached hydrogens (tertiary/aromatic N) is 2. The molecule has 1 aliphatic rings. The smallest absolute Gasteiger partial charge is 0.235 e. The van der Waals surface area contributed by atoms with Crippen LogP contribution in [0.5, 0.6) is 0 Å². The van der Waals surface area contributed by atoms with Gasteiger partial charge in [-0.05, 0) is 48.7 Å². The Morgan fingerprint density at radius 3 is 2.52 bits per heavy atom. The van der Waals surface area contributed by atoms with Gasteiger partial charge in [0.05, 0.1) is 16.4 Å². The summed E-state index contributed by atoms with van der Waals surface area (Å²) in [7, 11) is 0. The quantitative estimate of drug-likeness (QED) is 0.780. The summed E-state index contributed by atoms with van der Waals surface area (Å²) in [6, 6.07) is 11.9. The van der Waals surface area contributed by atoms with Crippen LogP contribution in [-0.2, 0) is 10.2 Å². The number of rotatable bonds is 3. The number of aromatic nitrogens is 2. The number of hydrogen-bond acceptors (Lipinski definition) is 3. The van der Waals surface area contributed by atoms with Crippen LogP contribution >= 0.6 is 0 Å². The van der Waals surface area contributed by atoms with Crippen molar-refractivity contribution in [2.45, 2.75) is 31.1 Å². The lowest BCUT2D eigenvalue weighted by Gasteiger charge is -2.28. The maximum Gasteiger partial charge on any atom is 0.235 e. The van der Waals surface area contributed by atoms with Gasteiger partial charge in [0.25, 0.3) is 0 Å². The van der Waals surface area contributed by atoms with E-state index < -0.39 is 5.41 Å². The molecule has 1 N–H and O–H groups in total. The van der Waals surface area contributed by atoms with Crippen LogP contribution in [0.1, 0.15) is 31.2 Å². The SMILES string of the molecule is O=C(Nc1ccc2nccnc2c1)C1(c2cccc(F)c2)CCCC1. The van der Waals surface area contributed by atoms with Crippen LogP contribution in [0.15, 0.2) is 54.9 Å². The summed E-state index contributed by atoms with van der Waals surface area (Å²) in [5.41, 5.74) is 2.27. The maximum atomic E-state index is 13.7. The average Bonchev–Trinajstić information content (AvgIpc) is 3.13. The minimum atomic E-state index is -0.667. The van der Waals surface area contributed by atoms with E-state index in [1.54, 1.807) is 18.5 Å². The highest BCUT2D eigenvalue weighted by Crippen LogP contribution is 2.42. The van der Waals surface area contributed by atoms with Crippen LogP contribution < -0.4 is 5.32 Å². The topological polar surface area (TPSA) is 54.9 Å². The molecule has 1 aliphatic carbocycles. The second-order valence-corrected chi connectivity index (χ2v) is 6.51. The van der Waals surface area contributed by atoms with Crippen LogP contribution in [0.3, 0.4) is 0 Å². The third-order valence-electron chi connectivity index (χ3n) is 5.00. The number of carbonyl (C=O) groups excluding carboxylic acids is 1. The zero-order valence-electron chi connectivity index (χ0n) is 13.7. The van der Waals surface area contributed by atoms with E-state index >= 15 is 0 Å². The van der Waals surface area contributed by atoms with E-state index in [9.17, 15) is 9.18 Å². The van der Waals surface area contributed by atoms with Crippen LogP contribution in [0.2, 0.25) is 0 Å². The van der Waals surface area contributed by atoms with Gasteiger partial charge in [0, 0.05) is 18.1 Å². The van der Waals surface area contributed by atoms with Crippen molar-refractivity contribution in [3.8, 4) is 0 Å². The Balaban J connectivity index is 1.67. The van der Waals surface area contributed by atoms with Gasteiger partial charge in [-0.15, -0.1) is 0 Å². The molecule has 0 aliphatic heterocycles. The van der Waals surface area contributed by atoms with Crippen LogP contribution in [-0.4, -0.2) is 15.9 Å². The Hall–Kier alpha value is -2.82. The van der Waals surface area contributed by atoms with Crippen molar-refractivity contribution in [2.75, 3.05) is 5.32 Å². The number of anilines is 1. The molecule has 0 atom stereocenters. The standard InChI is InChI=1S/C20H18FN3O/c21-15-5-3-4-14(12-15)20(8-1-2-9-20)19(25)24-16-6-7-17-18(13-16)23-11-10-22-17/h3-7,10-13H,1-2,8-9H2,(H,24,25). The van der Waals surface area contributed by atoms with Crippen molar-refractivity contribution in [2.24, 2.45) is 0 Å². The third kappa shape index (κ3) is 2.86. The summed E-state index contributed by atoms with van der Waals surface area (Å²) in [6.45, 7) is 0. The summed E-state index contributed by atoms with van der Waals surface area (Å²) in [4.78, 5) is 21.6. The second-order valence-electron chi connectivity index (χ2n) is 6.51. The molecule has 0 saturated heterocycles. The first-order valence-corrected chi connectivity index (χ1v) is 8.46. The molecular weight excluding hydrogens is 317 g/mol. The molecule has 4 rings (SSSR count). The van der Waals surface area contributed by atoms with Gasteiger partial charge < -0.3 is 5.32 Å². The minimum absolute atomic E-state index is 0.0844. The number of nitrogens with one attached hydrogen (secondary N) is 1. The van der Waals surface area contributed by atoms with E-state index in [-0.39, 0.29) is 11.7 Å². The van der Waals surface area contributed by atoms with Crippen molar-refractivity contribution in [1.82, 2.24) is 9.97 Å². The molecule has 1 heterocycles. The normalized spacial score (nSPS) is 16.0. The van der Waals surface area contributed by atoms with Gasteiger partial charge in [-0.25, -0.2) is 4.39 Å². The molecule has 126 valence electrons. The van der Waals surface area contributed by atoms with Gasteiger partial charge in [-0.1, -0.05) is 25.0 Å². The van der Waals surface area contributed by atoms with Crippen LogP contribution in [0, 0.1) is 5.82 Å². The minimum Gasteiger partial charge on any atom is -0.325 e. The lowest BCUT2D eigenvalue weighted by molar-refractivity contribution is -0.121.